The molecular formula is C24H27F2N3. The topological polar surface area (TPSA) is 48.5 Å². The monoisotopic (exact) mass is 395 g/mol. The number of nitriles is 1. The smallest absolute Gasteiger partial charge is 0.293 e. The first-order valence-corrected chi connectivity index (χ1v) is 9.71. The fourth-order valence-corrected chi connectivity index (χ4v) is 3.11. The zero-order valence-electron chi connectivity index (χ0n) is 17.6. The van der Waals surface area contributed by atoms with Gasteiger partial charge in [-0.25, -0.2) is 0 Å². The van der Waals surface area contributed by atoms with Gasteiger partial charge in [-0.2, -0.15) is 14.0 Å². The lowest BCUT2D eigenvalue weighted by molar-refractivity contribution is -0.0221. The third-order valence-electron chi connectivity index (χ3n) is 4.94. The van der Waals surface area contributed by atoms with Crippen LogP contribution in [0, 0.1) is 11.3 Å². The summed E-state index contributed by atoms with van der Waals surface area (Å²) in [6, 6.07) is 2.11. The second-order valence-electron chi connectivity index (χ2n) is 7.37. The molecule has 0 saturated heterocycles. The van der Waals surface area contributed by atoms with Gasteiger partial charge < -0.3 is 0 Å². The van der Waals surface area contributed by atoms with Gasteiger partial charge in [0.05, 0.1) is 11.8 Å². The van der Waals surface area contributed by atoms with Gasteiger partial charge in [-0.05, 0) is 52.7 Å². The Kier molecular flexibility index (Phi) is 7.02. The van der Waals surface area contributed by atoms with Crippen molar-refractivity contribution in [2.45, 2.75) is 52.5 Å². The predicted molar refractivity (Wildman–Crippen MR) is 117 cm³/mol. The van der Waals surface area contributed by atoms with Crippen molar-refractivity contribution in [3.05, 3.63) is 70.4 Å². The minimum Gasteiger partial charge on any atom is -0.293 e. The molecule has 0 bridgehead atoms. The van der Waals surface area contributed by atoms with E-state index >= 15 is 8.78 Å². The number of fused-ring (bicyclic) bond motifs is 1. The molecule has 0 spiro atoms. The van der Waals surface area contributed by atoms with Crippen molar-refractivity contribution in [1.29, 1.82) is 5.26 Å². The summed E-state index contributed by atoms with van der Waals surface area (Å²) >= 11 is 0. The van der Waals surface area contributed by atoms with Crippen LogP contribution in [0.5, 0.6) is 0 Å². The fourth-order valence-electron chi connectivity index (χ4n) is 3.11. The van der Waals surface area contributed by atoms with Crippen molar-refractivity contribution in [1.82, 2.24) is 0 Å². The molecule has 2 aliphatic rings. The van der Waals surface area contributed by atoms with Crippen LogP contribution in [0.1, 0.15) is 41.0 Å². The van der Waals surface area contributed by atoms with Gasteiger partial charge in [0.1, 0.15) is 5.54 Å². The van der Waals surface area contributed by atoms with E-state index in [2.05, 4.69) is 16.1 Å². The summed E-state index contributed by atoms with van der Waals surface area (Å²) in [5, 5.41) is 9.14. The minimum absolute atomic E-state index is 0.0217. The highest BCUT2D eigenvalue weighted by atomic mass is 19.3. The lowest BCUT2D eigenvalue weighted by atomic mass is 9.78. The summed E-state index contributed by atoms with van der Waals surface area (Å²) in [4.78, 5) is 8.86. The average molecular weight is 395 g/mol. The van der Waals surface area contributed by atoms with Gasteiger partial charge in [0.25, 0.3) is 5.92 Å². The van der Waals surface area contributed by atoms with Gasteiger partial charge in [0, 0.05) is 35.1 Å². The molecule has 0 unspecified atom stereocenters. The molecule has 1 aliphatic heterocycles. The molecule has 0 saturated carbocycles. The molecule has 0 fully saturated rings. The van der Waals surface area contributed by atoms with Crippen molar-refractivity contribution in [3.8, 4) is 6.07 Å². The van der Waals surface area contributed by atoms with E-state index < -0.39 is 11.5 Å². The number of alkyl halides is 2. The molecule has 3 nitrogen and oxygen atoms in total. The lowest BCUT2D eigenvalue weighted by Crippen LogP contribution is -2.48. The quantitative estimate of drug-likeness (QED) is 0.315. The van der Waals surface area contributed by atoms with Crippen molar-refractivity contribution in [3.63, 3.8) is 0 Å². The summed E-state index contributed by atoms with van der Waals surface area (Å²) < 4.78 is 30.4. The molecule has 1 heterocycles. The zero-order chi connectivity index (χ0) is 21.7. The SMILES string of the molecule is C\C=C(C#N)/C=C\C(C)=C(\C=N/CC)C1=NC(C)(C)C(F)(F)C2=CC=CCC=C21. The van der Waals surface area contributed by atoms with Gasteiger partial charge in [-0.1, -0.05) is 36.5 Å². The molecule has 0 aromatic rings. The Bertz CT molecular complexity index is 943. The number of hydrogen-bond acceptors (Lipinski definition) is 3. The second kappa shape index (κ2) is 9.09. The molecule has 0 aromatic carbocycles. The van der Waals surface area contributed by atoms with E-state index in [-0.39, 0.29) is 5.57 Å². The number of rotatable bonds is 5. The summed E-state index contributed by atoms with van der Waals surface area (Å²) in [5.74, 6) is -3.09. The van der Waals surface area contributed by atoms with Crippen LogP contribution >= 0.6 is 0 Å². The average Bonchev–Trinajstić information content (AvgIpc) is 2.93. The summed E-state index contributed by atoms with van der Waals surface area (Å²) in [6.45, 7) is 9.04. The van der Waals surface area contributed by atoms with Crippen LogP contribution in [0.2, 0.25) is 0 Å². The van der Waals surface area contributed by atoms with Crippen LogP contribution in [-0.2, 0) is 0 Å². The first kappa shape index (κ1) is 22.4. The summed E-state index contributed by atoms with van der Waals surface area (Å²) in [6.07, 6.45) is 14.3. The van der Waals surface area contributed by atoms with Crippen LogP contribution < -0.4 is 0 Å². The maximum Gasteiger partial charge on any atom is 0.297 e. The first-order chi connectivity index (χ1) is 13.7. The van der Waals surface area contributed by atoms with Crippen molar-refractivity contribution in [2.75, 3.05) is 6.54 Å². The normalized spacial score (nSPS) is 21.7. The molecule has 1 aliphatic carbocycles. The molecule has 0 amide bonds. The maximum absolute atomic E-state index is 15.2. The molecule has 0 radical (unpaired) electrons. The maximum atomic E-state index is 15.2. The minimum atomic E-state index is -3.09. The standard InChI is InChI=1S/C24H27F2N3/c1-6-18(15-27)14-13-17(3)20(16-28-7-2)22-19-11-9-8-10-12-21(19)24(25,26)23(4,5)29-22/h6,8,10-14,16H,7,9H2,1-5H3/b14-13-,18-6+,20-17-,28-16-. The third kappa shape index (κ3) is 4.59. The number of allylic oxidation sites excluding steroid dienone is 11. The van der Waals surface area contributed by atoms with E-state index in [1.165, 1.54) is 19.9 Å². The molecule has 0 aromatic heterocycles. The largest absolute Gasteiger partial charge is 0.297 e. The van der Waals surface area contributed by atoms with Crippen LogP contribution in [0.4, 0.5) is 8.78 Å². The van der Waals surface area contributed by atoms with E-state index in [1.54, 1.807) is 43.5 Å². The van der Waals surface area contributed by atoms with E-state index in [9.17, 15) is 0 Å². The Morgan fingerprint density at radius 3 is 2.69 bits per heavy atom. The van der Waals surface area contributed by atoms with Crippen LogP contribution in [0.15, 0.2) is 80.4 Å². The van der Waals surface area contributed by atoms with Gasteiger partial charge in [-0.3, -0.25) is 9.98 Å². The van der Waals surface area contributed by atoms with Gasteiger partial charge in [0.15, 0.2) is 0 Å². The molecule has 5 heteroatoms. The molecular weight excluding hydrogens is 368 g/mol. The van der Waals surface area contributed by atoms with Crippen LogP contribution in [0.3, 0.4) is 0 Å². The highest BCUT2D eigenvalue weighted by Crippen LogP contribution is 2.47. The Balaban J connectivity index is 2.74. The van der Waals surface area contributed by atoms with Crippen molar-refractivity contribution in [2.24, 2.45) is 9.98 Å². The summed E-state index contributed by atoms with van der Waals surface area (Å²) in [5.41, 5.74) is 1.33. The Morgan fingerprint density at radius 1 is 1.34 bits per heavy atom. The van der Waals surface area contributed by atoms with Gasteiger partial charge in [0.2, 0.25) is 0 Å². The zero-order valence-corrected chi connectivity index (χ0v) is 17.6. The highest BCUT2D eigenvalue weighted by Gasteiger charge is 2.54. The number of aliphatic imine (C=N–C) groups is 2. The van der Waals surface area contributed by atoms with Crippen LogP contribution in [0.25, 0.3) is 0 Å². The van der Waals surface area contributed by atoms with E-state index in [0.29, 0.717) is 35.4 Å². The first-order valence-electron chi connectivity index (χ1n) is 9.71. The number of hydrogen-bond donors (Lipinski definition) is 0. The molecule has 29 heavy (non-hydrogen) atoms. The molecule has 2 rings (SSSR count). The highest BCUT2D eigenvalue weighted by molar-refractivity contribution is 6.27. The molecule has 152 valence electrons. The Labute approximate surface area is 171 Å². The fraction of sp³-hybridized carbons (Fsp3) is 0.375. The Morgan fingerprint density at radius 2 is 2.07 bits per heavy atom. The number of halogens is 2. The van der Waals surface area contributed by atoms with E-state index in [1.807, 2.05) is 19.9 Å². The predicted octanol–water partition coefficient (Wildman–Crippen LogP) is 6.10. The lowest BCUT2D eigenvalue weighted by Gasteiger charge is -2.39. The molecule has 0 N–H and O–H groups in total. The van der Waals surface area contributed by atoms with Crippen LogP contribution in [-0.4, -0.2) is 29.9 Å². The van der Waals surface area contributed by atoms with Crippen molar-refractivity contribution < 1.29 is 8.78 Å². The van der Waals surface area contributed by atoms with Crippen molar-refractivity contribution >= 4 is 11.9 Å². The molecule has 0 atom stereocenters. The van der Waals surface area contributed by atoms with E-state index in [0.717, 1.165) is 5.57 Å². The van der Waals surface area contributed by atoms with Gasteiger partial charge >= 0.3 is 0 Å². The van der Waals surface area contributed by atoms with E-state index in [4.69, 9.17) is 5.26 Å². The number of nitrogens with zero attached hydrogens (tertiary/aromatic N) is 3. The van der Waals surface area contributed by atoms with Gasteiger partial charge in [-0.15, -0.1) is 0 Å². The third-order valence-corrected chi connectivity index (χ3v) is 4.94. The Hall–Kier alpha value is -2.87. The second-order valence-corrected chi connectivity index (χ2v) is 7.37. The summed E-state index contributed by atoms with van der Waals surface area (Å²) in [7, 11) is 0.